The van der Waals surface area contributed by atoms with Crippen LogP contribution in [0.15, 0.2) is 146 Å². The molecule has 334 valence electrons. The fourth-order valence-electron chi connectivity index (χ4n) is 8.18. The summed E-state index contributed by atoms with van der Waals surface area (Å²) in [6.45, 7) is 0.598. The normalized spacial score (nSPS) is 17.7. The number of para-hydroxylation sites is 3. The Bertz CT molecular complexity index is 2640. The van der Waals surface area contributed by atoms with Gasteiger partial charge >= 0.3 is 11.9 Å². The molecule has 65 heavy (non-hydrogen) atoms. The third kappa shape index (κ3) is 10.9. The highest BCUT2D eigenvalue weighted by Crippen LogP contribution is 2.42. The standard InChI is InChI=1S/C26H24ClNO5.C25H21Cl2NO4/c1-32-23-8-4-5-9-24(23)33-16-17-10-12-18(13-11-17)25(29)28-21(14-15-22(28)26(30)31)19-6-2-3-7-20(19)27;26-19-6-2-1-5-18(19)21-13-14-22(25(30)31)28(21)24(29)17-11-9-16(10-12-17)15-32-23-8-4-3-7-20(23)27/h2-13,21-22H,14-16H2,1H3,(H,30,31);1-12,21-22H,13-15H2,(H,30,31)/t21-,22+;/m1./s1. The van der Waals surface area contributed by atoms with E-state index < -0.39 is 24.0 Å². The van der Waals surface area contributed by atoms with Crippen LogP contribution >= 0.6 is 34.8 Å². The molecule has 2 saturated heterocycles. The highest BCUT2D eigenvalue weighted by atomic mass is 35.5. The first kappa shape index (κ1) is 46.5. The van der Waals surface area contributed by atoms with Gasteiger partial charge < -0.3 is 34.2 Å². The summed E-state index contributed by atoms with van der Waals surface area (Å²) in [5.41, 5.74) is 4.09. The lowest BCUT2D eigenvalue weighted by Gasteiger charge is -2.29. The molecule has 2 N–H and O–H groups in total. The van der Waals surface area contributed by atoms with Gasteiger partial charge in [0.1, 0.15) is 31.0 Å². The quantitative estimate of drug-likeness (QED) is 0.116. The largest absolute Gasteiger partial charge is 0.493 e. The van der Waals surface area contributed by atoms with E-state index in [4.69, 9.17) is 49.0 Å². The first-order valence-electron chi connectivity index (χ1n) is 20.9. The zero-order valence-corrected chi connectivity index (χ0v) is 37.5. The van der Waals surface area contributed by atoms with Crippen molar-refractivity contribution in [2.24, 2.45) is 0 Å². The second-order valence-corrected chi connectivity index (χ2v) is 16.6. The summed E-state index contributed by atoms with van der Waals surface area (Å²) in [5, 5.41) is 21.0. The molecule has 2 unspecified atom stereocenters. The molecule has 4 atom stereocenters. The Labute approximate surface area is 391 Å². The van der Waals surface area contributed by atoms with Gasteiger partial charge in [0.2, 0.25) is 0 Å². The van der Waals surface area contributed by atoms with Crippen LogP contribution in [0.25, 0.3) is 0 Å². The number of amides is 2. The highest BCUT2D eigenvalue weighted by Gasteiger charge is 2.44. The Kier molecular flexibility index (Phi) is 15.3. The van der Waals surface area contributed by atoms with Gasteiger partial charge in [-0.15, -0.1) is 0 Å². The molecule has 0 bridgehead atoms. The SMILES string of the molecule is COc1ccccc1OCc1ccc(C(=O)N2[C@@H](c3ccccc3Cl)CC[C@H]2C(=O)O)cc1.O=C(O)C1CCC(c2ccccc2Cl)N1C(=O)c1ccc(COc2ccccc2Cl)cc1. The minimum absolute atomic E-state index is 0.294. The maximum atomic E-state index is 13.4. The van der Waals surface area contributed by atoms with E-state index in [1.165, 1.54) is 9.80 Å². The van der Waals surface area contributed by atoms with E-state index >= 15 is 0 Å². The third-order valence-electron chi connectivity index (χ3n) is 11.4. The van der Waals surface area contributed by atoms with Crippen LogP contribution < -0.4 is 14.2 Å². The van der Waals surface area contributed by atoms with Crippen molar-refractivity contribution in [3.63, 3.8) is 0 Å². The van der Waals surface area contributed by atoms with E-state index in [0.717, 1.165) is 22.3 Å². The van der Waals surface area contributed by atoms with Gasteiger partial charge in [0.15, 0.2) is 11.5 Å². The second kappa shape index (κ2) is 21.4. The van der Waals surface area contributed by atoms with Crippen LogP contribution in [-0.2, 0) is 22.8 Å². The topological polar surface area (TPSA) is 143 Å². The Hall–Kier alpha value is -6.53. The first-order chi connectivity index (χ1) is 31.4. The molecule has 8 rings (SSSR count). The number of carbonyl (C=O) groups excluding carboxylic acids is 2. The van der Waals surface area contributed by atoms with Gasteiger partial charge in [-0.05, 0) is 109 Å². The van der Waals surface area contributed by atoms with Gasteiger partial charge in [0, 0.05) is 21.2 Å². The summed E-state index contributed by atoms with van der Waals surface area (Å²) in [4.78, 5) is 53.4. The van der Waals surface area contributed by atoms with Crippen molar-refractivity contribution >= 4 is 58.6 Å². The Morgan fingerprint density at radius 3 is 1.26 bits per heavy atom. The van der Waals surface area contributed by atoms with Crippen molar-refractivity contribution in [3.05, 3.63) is 194 Å². The van der Waals surface area contributed by atoms with Crippen LogP contribution in [0.1, 0.15) is 80.7 Å². The lowest BCUT2D eigenvalue weighted by Crippen LogP contribution is -2.41. The predicted octanol–water partition coefficient (Wildman–Crippen LogP) is 11.4. The number of rotatable bonds is 13. The number of aliphatic carboxylic acids is 2. The van der Waals surface area contributed by atoms with Crippen LogP contribution in [0.2, 0.25) is 15.1 Å². The van der Waals surface area contributed by atoms with Crippen molar-refractivity contribution in [3.8, 4) is 17.2 Å². The number of hydrogen-bond acceptors (Lipinski definition) is 7. The van der Waals surface area contributed by atoms with Gasteiger partial charge in [0.05, 0.1) is 24.2 Å². The number of ether oxygens (including phenoxy) is 3. The molecule has 2 aliphatic heterocycles. The van der Waals surface area contributed by atoms with Gasteiger partial charge in [-0.2, -0.15) is 0 Å². The first-order valence-corrected chi connectivity index (χ1v) is 22.0. The molecule has 14 heteroatoms. The molecule has 2 heterocycles. The second-order valence-electron chi connectivity index (χ2n) is 15.4. The summed E-state index contributed by atoms with van der Waals surface area (Å²) in [6.07, 6.45) is 1.83. The van der Waals surface area contributed by atoms with Crippen LogP contribution in [0.4, 0.5) is 0 Å². The Morgan fingerprint density at radius 2 is 0.862 bits per heavy atom. The summed E-state index contributed by atoms with van der Waals surface area (Å²) in [7, 11) is 1.58. The highest BCUT2D eigenvalue weighted by molar-refractivity contribution is 6.32. The van der Waals surface area contributed by atoms with Crippen LogP contribution in [0, 0.1) is 0 Å². The monoisotopic (exact) mass is 934 g/mol. The average Bonchev–Trinajstić information content (AvgIpc) is 3.98. The number of methoxy groups -OCH3 is 1. The maximum absolute atomic E-state index is 13.4. The van der Waals surface area contributed by atoms with Crippen LogP contribution in [-0.4, -0.2) is 63.0 Å². The number of nitrogens with zero attached hydrogens (tertiary/aromatic N) is 2. The fourth-order valence-corrected chi connectivity index (χ4v) is 8.90. The zero-order chi connectivity index (χ0) is 46.0. The molecule has 0 spiro atoms. The number of carbonyl (C=O) groups is 4. The van der Waals surface area contributed by atoms with Crippen molar-refractivity contribution in [2.45, 2.75) is 63.1 Å². The smallest absolute Gasteiger partial charge is 0.326 e. The summed E-state index contributed by atoms with van der Waals surface area (Å²) in [5.74, 6) is -0.844. The lowest BCUT2D eigenvalue weighted by atomic mass is 10.0. The molecule has 2 aliphatic rings. The van der Waals surface area contributed by atoms with E-state index in [1.807, 2.05) is 72.8 Å². The fraction of sp³-hybridized carbons (Fsp3) is 0.216. The summed E-state index contributed by atoms with van der Waals surface area (Å²) in [6, 6.07) is 40.5. The number of halogens is 3. The van der Waals surface area contributed by atoms with Crippen molar-refractivity contribution in [2.75, 3.05) is 7.11 Å². The van der Waals surface area contributed by atoms with Crippen LogP contribution in [0.3, 0.4) is 0 Å². The van der Waals surface area contributed by atoms with Crippen molar-refractivity contribution < 1.29 is 43.6 Å². The lowest BCUT2D eigenvalue weighted by molar-refractivity contribution is -0.142. The minimum Gasteiger partial charge on any atom is -0.493 e. The predicted molar refractivity (Wildman–Crippen MR) is 248 cm³/mol. The molecule has 2 amide bonds. The molecule has 6 aromatic rings. The van der Waals surface area contributed by atoms with Gasteiger partial charge in [-0.3, -0.25) is 9.59 Å². The molecule has 0 aliphatic carbocycles. The number of likely N-dealkylation sites (tertiary alicyclic amines) is 2. The summed E-state index contributed by atoms with van der Waals surface area (Å²) < 4.78 is 16.9. The van der Waals surface area contributed by atoms with Gasteiger partial charge in [0.25, 0.3) is 11.8 Å². The van der Waals surface area contributed by atoms with E-state index in [2.05, 4.69) is 0 Å². The Morgan fingerprint density at radius 1 is 0.492 bits per heavy atom. The van der Waals surface area contributed by atoms with E-state index in [-0.39, 0.29) is 23.9 Å². The van der Waals surface area contributed by atoms with E-state index in [0.29, 0.717) is 82.3 Å². The maximum Gasteiger partial charge on any atom is 0.326 e. The number of carboxylic acid groups (broad SMARTS) is 2. The van der Waals surface area contributed by atoms with Crippen molar-refractivity contribution in [1.29, 1.82) is 0 Å². The molecular formula is C51H45Cl3N2O9. The number of carboxylic acids is 2. The molecule has 0 radical (unpaired) electrons. The Balaban J connectivity index is 0.000000194. The third-order valence-corrected chi connectivity index (χ3v) is 12.4. The van der Waals surface area contributed by atoms with E-state index in [9.17, 15) is 29.4 Å². The molecule has 11 nitrogen and oxygen atoms in total. The average molecular weight is 936 g/mol. The number of hydrogen-bond donors (Lipinski definition) is 2. The van der Waals surface area contributed by atoms with Crippen LogP contribution in [0.5, 0.6) is 17.2 Å². The zero-order valence-electron chi connectivity index (χ0n) is 35.2. The number of benzene rings is 6. The van der Waals surface area contributed by atoms with Gasteiger partial charge in [-0.25, -0.2) is 9.59 Å². The summed E-state index contributed by atoms with van der Waals surface area (Å²) >= 11 is 18.8. The minimum atomic E-state index is -1.02. The molecule has 0 saturated carbocycles. The molecule has 2 fully saturated rings. The van der Waals surface area contributed by atoms with Crippen molar-refractivity contribution in [1.82, 2.24) is 9.80 Å². The molecule has 0 aromatic heterocycles. The van der Waals surface area contributed by atoms with Gasteiger partial charge in [-0.1, -0.05) is 120 Å². The molecule has 6 aromatic carbocycles. The molecular weight excluding hydrogens is 891 g/mol. The van der Waals surface area contributed by atoms with E-state index in [1.54, 1.807) is 79.9 Å².